The fourth-order valence-corrected chi connectivity index (χ4v) is 2.13. The summed E-state index contributed by atoms with van der Waals surface area (Å²) in [4.78, 5) is 10.6. The highest BCUT2D eigenvalue weighted by molar-refractivity contribution is 6.31. The highest BCUT2D eigenvalue weighted by Crippen LogP contribution is 2.32. The van der Waals surface area contributed by atoms with E-state index in [0.717, 1.165) is 0 Å². The molecule has 1 aromatic rings. The third-order valence-corrected chi connectivity index (χ3v) is 3.72. The van der Waals surface area contributed by atoms with Crippen LogP contribution in [0.15, 0.2) is 12.1 Å². The van der Waals surface area contributed by atoms with Crippen LogP contribution < -0.4 is 0 Å². The zero-order valence-corrected chi connectivity index (χ0v) is 12.8. The van der Waals surface area contributed by atoms with E-state index in [1.807, 2.05) is 20.8 Å². The summed E-state index contributed by atoms with van der Waals surface area (Å²) in [6.45, 7) is 9.39. The van der Waals surface area contributed by atoms with Crippen molar-refractivity contribution >= 4 is 16.0 Å². The first-order valence-electron chi connectivity index (χ1n) is 5.97. The fourth-order valence-electron chi connectivity index (χ4n) is 1.46. The standard InChI is InChI=1S/C14H18F2O2Si/c1-13(2,3)19-18-14(4,5)10-7-6-9(8-17)11(15)12(10)16/h6-8H,1-5H3. The molecule has 104 valence electrons. The van der Waals surface area contributed by atoms with E-state index in [2.05, 4.69) is 0 Å². The maximum atomic E-state index is 14.0. The second-order valence-corrected chi connectivity index (χ2v) is 7.82. The molecule has 0 heterocycles. The van der Waals surface area contributed by atoms with E-state index in [1.54, 1.807) is 13.8 Å². The molecule has 0 aromatic heterocycles. The van der Waals surface area contributed by atoms with Gasteiger partial charge in [-0.15, -0.1) is 0 Å². The third-order valence-electron chi connectivity index (χ3n) is 2.50. The SMILES string of the molecule is CC(C)(C)[Si]OC(C)(C)c1ccc(C=O)c(F)c1F. The number of aldehydes is 1. The van der Waals surface area contributed by atoms with Gasteiger partial charge in [0.1, 0.15) is 0 Å². The van der Waals surface area contributed by atoms with Crippen LogP contribution in [0.1, 0.15) is 50.5 Å². The summed E-state index contributed by atoms with van der Waals surface area (Å²) < 4.78 is 33.3. The van der Waals surface area contributed by atoms with Crippen molar-refractivity contribution in [3.63, 3.8) is 0 Å². The molecule has 0 N–H and O–H groups in total. The Balaban J connectivity index is 3.08. The lowest BCUT2D eigenvalue weighted by atomic mass is 9.96. The van der Waals surface area contributed by atoms with Crippen LogP contribution in [0.4, 0.5) is 8.78 Å². The van der Waals surface area contributed by atoms with Crippen LogP contribution in [-0.4, -0.2) is 16.0 Å². The predicted molar refractivity (Wildman–Crippen MR) is 71.3 cm³/mol. The van der Waals surface area contributed by atoms with Gasteiger partial charge >= 0.3 is 0 Å². The normalized spacial score (nSPS) is 12.6. The smallest absolute Gasteiger partial charge is 0.236 e. The van der Waals surface area contributed by atoms with Crippen molar-refractivity contribution < 1.29 is 18.0 Å². The molecule has 0 bridgehead atoms. The number of halogens is 2. The quantitative estimate of drug-likeness (QED) is 0.620. The molecule has 1 aromatic carbocycles. The molecule has 2 nitrogen and oxygen atoms in total. The van der Waals surface area contributed by atoms with Gasteiger partial charge in [-0.25, -0.2) is 8.78 Å². The van der Waals surface area contributed by atoms with Gasteiger partial charge in [-0.1, -0.05) is 26.8 Å². The Kier molecular flexibility index (Phi) is 4.63. The first-order chi connectivity index (χ1) is 8.58. The van der Waals surface area contributed by atoms with E-state index in [9.17, 15) is 13.6 Å². The minimum absolute atomic E-state index is 0.0466. The van der Waals surface area contributed by atoms with E-state index < -0.39 is 17.2 Å². The highest BCUT2D eigenvalue weighted by Gasteiger charge is 2.29. The Morgan fingerprint density at radius 1 is 1.11 bits per heavy atom. The molecule has 5 heteroatoms. The molecule has 0 unspecified atom stereocenters. The lowest BCUT2D eigenvalue weighted by molar-refractivity contribution is 0.103. The number of hydrogen-bond donors (Lipinski definition) is 0. The monoisotopic (exact) mass is 284 g/mol. The number of rotatable bonds is 4. The zero-order valence-electron chi connectivity index (χ0n) is 11.8. The summed E-state index contributed by atoms with van der Waals surface area (Å²) in [5.41, 5.74) is -1.11. The molecule has 0 atom stereocenters. The van der Waals surface area contributed by atoms with Crippen LogP contribution in [0.3, 0.4) is 0 Å². The second-order valence-electron chi connectivity index (χ2n) is 5.91. The van der Waals surface area contributed by atoms with Crippen molar-refractivity contribution in [1.82, 2.24) is 0 Å². The van der Waals surface area contributed by atoms with Gasteiger partial charge in [-0.05, 0) is 25.0 Å². The number of benzene rings is 1. The molecular weight excluding hydrogens is 266 g/mol. The minimum Gasteiger partial charge on any atom is -0.408 e. The van der Waals surface area contributed by atoms with Gasteiger partial charge in [-0.3, -0.25) is 4.79 Å². The topological polar surface area (TPSA) is 26.3 Å². The Hall–Kier alpha value is -1.07. The van der Waals surface area contributed by atoms with Crippen LogP contribution >= 0.6 is 0 Å². The van der Waals surface area contributed by atoms with Crippen molar-refractivity contribution in [3.8, 4) is 0 Å². The van der Waals surface area contributed by atoms with Crippen molar-refractivity contribution in [2.24, 2.45) is 0 Å². The third kappa shape index (κ3) is 3.94. The van der Waals surface area contributed by atoms with E-state index in [0.29, 0.717) is 6.29 Å². The van der Waals surface area contributed by atoms with E-state index in [-0.39, 0.29) is 25.9 Å². The molecular formula is C14H18F2O2Si. The molecule has 2 radical (unpaired) electrons. The van der Waals surface area contributed by atoms with Gasteiger partial charge in [0.15, 0.2) is 17.9 Å². The summed E-state index contributed by atoms with van der Waals surface area (Å²) in [5, 5.41) is -0.0466. The molecule has 0 aliphatic heterocycles. The largest absolute Gasteiger partial charge is 0.408 e. The zero-order chi connectivity index (χ0) is 14.8. The first-order valence-corrected chi connectivity index (χ1v) is 6.88. The summed E-state index contributed by atoms with van der Waals surface area (Å²) in [6.07, 6.45) is 0.299. The lowest BCUT2D eigenvalue weighted by Gasteiger charge is -2.30. The van der Waals surface area contributed by atoms with Crippen LogP contribution in [0.2, 0.25) is 5.04 Å². The minimum atomic E-state index is -1.12. The van der Waals surface area contributed by atoms with Gasteiger partial charge in [0.05, 0.1) is 11.2 Å². The molecule has 0 saturated carbocycles. The van der Waals surface area contributed by atoms with Crippen molar-refractivity contribution in [2.45, 2.75) is 45.3 Å². The van der Waals surface area contributed by atoms with Crippen LogP contribution in [0.5, 0.6) is 0 Å². The Labute approximate surface area is 115 Å². The van der Waals surface area contributed by atoms with Gasteiger partial charge in [0, 0.05) is 5.56 Å². The molecule has 0 spiro atoms. The number of carbonyl (C=O) groups excluding carboxylic acids is 1. The van der Waals surface area contributed by atoms with Crippen LogP contribution in [-0.2, 0) is 10.0 Å². The number of hydrogen-bond acceptors (Lipinski definition) is 2. The van der Waals surface area contributed by atoms with E-state index in [1.165, 1.54) is 12.1 Å². The molecule has 0 fully saturated rings. The average Bonchev–Trinajstić information content (AvgIpc) is 2.29. The Morgan fingerprint density at radius 2 is 1.68 bits per heavy atom. The summed E-state index contributed by atoms with van der Waals surface area (Å²) in [6, 6.07) is 2.67. The number of carbonyl (C=O) groups is 1. The summed E-state index contributed by atoms with van der Waals surface area (Å²) in [5.74, 6) is -2.14. The van der Waals surface area contributed by atoms with Gasteiger partial charge < -0.3 is 4.43 Å². The Bertz CT molecular complexity index is 479. The van der Waals surface area contributed by atoms with Gasteiger partial charge in [0.25, 0.3) is 0 Å². The summed E-state index contributed by atoms with van der Waals surface area (Å²) in [7, 11) is 0.151. The predicted octanol–water partition coefficient (Wildman–Crippen LogP) is 3.87. The maximum Gasteiger partial charge on any atom is 0.236 e. The summed E-state index contributed by atoms with van der Waals surface area (Å²) >= 11 is 0. The average molecular weight is 284 g/mol. The van der Waals surface area contributed by atoms with Gasteiger partial charge in [-0.2, -0.15) is 0 Å². The van der Waals surface area contributed by atoms with Crippen molar-refractivity contribution in [2.75, 3.05) is 0 Å². The highest BCUT2D eigenvalue weighted by atomic mass is 28.2. The lowest BCUT2D eigenvalue weighted by Crippen LogP contribution is -2.29. The Morgan fingerprint density at radius 3 is 2.16 bits per heavy atom. The van der Waals surface area contributed by atoms with E-state index in [4.69, 9.17) is 4.43 Å². The second kappa shape index (κ2) is 5.51. The molecule has 0 aliphatic carbocycles. The van der Waals surface area contributed by atoms with Crippen molar-refractivity contribution in [3.05, 3.63) is 34.9 Å². The van der Waals surface area contributed by atoms with Crippen molar-refractivity contribution in [1.29, 1.82) is 0 Å². The molecule has 0 saturated heterocycles. The molecule has 0 aliphatic rings. The van der Waals surface area contributed by atoms with E-state index >= 15 is 0 Å². The fraction of sp³-hybridized carbons (Fsp3) is 0.500. The molecule has 19 heavy (non-hydrogen) atoms. The van der Waals surface area contributed by atoms with Gasteiger partial charge in [0.2, 0.25) is 9.76 Å². The first kappa shape index (κ1) is 16.0. The van der Waals surface area contributed by atoms with Crippen LogP contribution in [0.25, 0.3) is 0 Å². The van der Waals surface area contributed by atoms with Crippen LogP contribution in [0, 0.1) is 11.6 Å². The molecule has 0 amide bonds. The molecule has 1 rings (SSSR count). The maximum absolute atomic E-state index is 14.0.